The highest BCUT2D eigenvalue weighted by molar-refractivity contribution is 5.82. The first-order valence-electron chi connectivity index (χ1n) is 6.42. The highest BCUT2D eigenvalue weighted by Crippen LogP contribution is 2.18. The molecule has 1 aromatic rings. The van der Waals surface area contributed by atoms with Gasteiger partial charge in [-0.1, -0.05) is 12.1 Å². The number of phenolic OH excluding ortho intramolecular Hbond substituents is 1. The van der Waals surface area contributed by atoms with Gasteiger partial charge in [-0.15, -0.1) is 0 Å². The number of carbonyl (C=O) groups excluding carboxylic acids is 1. The topological polar surface area (TPSA) is 84.6 Å². The summed E-state index contributed by atoms with van der Waals surface area (Å²) in [6, 6.07) is 6.12. The third-order valence-electron chi connectivity index (χ3n) is 3.37. The Kier molecular flexibility index (Phi) is 4.07. The first kappa shape index (κ1) is 13.8. The molecule has 0 saturated carbocycles. The van der Waals surface area contributed by atoms with Crippen molar-refractivity contribution in [2.75, 3.05) is 13.2 Å². The Hall–Kier alpha value is -1.59. The smallest absolute Gasteiger partial charge is 0.237 e. The Morgan fingerprint density at radius 2 is 2.21 bits per heavy atom. The molecule has 1 aliphatic heterocycles. The molecule has 104 valence electrons. The third kappa shape index (κ3) is 3.68. The zero-order chi connectivity index (χ0) is 13.9. The average molecular weight is 264 g/mol. The Morgan fingerprint density at radius 1 is 1.53 bits per heavy atom. The van der Waals surface area contributed by atoms with E-state index in [4.69, 9.17) is 10.5 Å². The fourth-order valence-corrected chi connectivity index (χ4v) is 2.13. The van der Waals surface area contributed by atoms with E-state index in [2.05, 4.69) is 5.32 Å². The number of ether oxygens (including phenoxy) is 1. The van der Waals surface area contributed by atoms with E-state index in [0.717, 1.165) is 12.0 Å². The van der Waals surface area contributed by atoms with Crippen LogP contribution in [0.3, 0.4) is 0 Å². The molecule has 5 nitrogen and oxygen atoms in total. The zero-order valence-electron chi connectivity index (χ0n) is 11.1. The minimum Gasteiger partial charge on any atom is -0.508 e. The van der Waals surface area contributed by atoms with Gasteiger partial charge >= 0.3 is 0 Å². The lowest BCUT2D eigenvalue weighted by atomic mass is 10.00. The van der Waals surface area contributed by atoms with Crippen LogP contribution >= 0.6 is 0 Å². The second-order valence-electron chi connectivity index (χ2n) is 5.33. The molecule has 2 atom stereocenters. The lowest BCUT2D eigenvalue weighted by Gasteiger charge is -2.25. The minimum absolute atomic E-state index is 0.166. The standard InChI is InChI=1S/C14H20N2O3/c1-14(6-7-19-9-14)16-13(18)12(15)8-10-2-4-11(17)5-3-10/h2-5,12,17H,6-9,15H2,1H3,(H,16,18)/t12-,14?/m1/s1. The molecule has 1 aliphatic rings. The number of nitrogens with one attached hydrogen (secondary N) is 1. The van der Waals surface area contributed by atoms with E-state index >= 15 is 0 Å². The Morgan fingerprint density at radius 3 is 2.79 bits per heavy atom. The van der Waals surface area contributed by atoms with Gasteiger partial charge in [-0.05, 0) is 37.5 Å². The molecule has 1 aromatic carbocycles. The van der Waals surface area contributed by atoms with Crippen LogP contribution in [0.25, 0.3) is 0 Å². The van der Waals surface area contributed by atoms with Crippen molar-refractivity contribution in [3.63, 3.8) is 0 Å². The van der Waals surface area contributed by atoms with E-state index in [1.807, 2.05) is 6.92 Å². The summed E-state index contributed by atoms with van der Waals surface area (Å²) in [6.07, 6.45) is 1.26. The monoisotopic (exact) mass is 264 g/mol. The van der Waals surface area contributed by atoms with E-state index in [9.17, 15) is 9.90 Å². The van der Waals surface area contributed by atoms with E-state index in [1.54, 1.807) is 24.3 Å². The van der Waals surface area contributed by atoms with E-state index in [-0.39, 0.29) is 17.2 Å². The predicted molar refractivity (Wildman–Crippen MR) is 71.8 cm³/mol. The summed E-state index contributed by atoms with van der Waals surface area (Å²) < 4.78 is 5.29. The first-order chi connectivity index (χ1) is 8.98. The second-order valence-corrected chi connectivity index (χ2v) is 5.33. The summed E-state index contributed by atoms with van der Waals surface area (Å²) in [6.45, 7) is 3.17. The molecular weight excluding hydrogens is 244 g/mol. The number of nitrogens with two attached hydrogens (primary N) is 1. The summed E-state index contributed by atoms with van der Waals surface area (Å²) in [5.74, 6) is 0.0402. The van der Waals surface area contributed by atoms with E-state index in [0.29, 0.717) is 19.6 Å². The molecule has 0 bridgehead atoms. The number of aromatic hydroxyl groups is 1. The molecule has 1 unspecified atom stereocenters. The third-order valence-corrected chi connectivity index (χ3v) is 3.37. The SMILES string of the molecule is CC1(NC(=O)[C@H](N)Cc2ccc(O)cc2)CCOC1. The molecule has 2 rings (SSSR count). The Balaban J connectivity index is 1.90. The molecule has 0 spiro atoms. The maximum Gasteiger partial charge on any atom is 0.237 e. The van der Waals surface area contributed by atoms with Crippen LogP contribution in [0, 0.1) is 0 Å². The quantitative estimate of drug-likeness (QED) is 0.741. The van der Waals surface area contributed by atoms with Crippen LogP contribution in [0.5, 0.6) is 5.75 Å². The number of phenols is 1. The molecule has 0 aromatic heterocycles. The molecule has 1 saturated heterocycles. The van der Waals surface area contributed by atoms with Crippen LogP contribution in [-0.4, -0.2) is 35.8 Å². The zero-order valence-corrected chi connectivity index (χ0v) is 11.1. The van der Waals surface area contributed by atoms with Gasteiger partial charge < -0.3 is 20.9 Å². The Labute approximate surface area is 112 Å². The van der Waals surface area contributed by atoms with Gasteiger partial charge in [0.2, 0.25) is 5.91 Å². The van der Waals surface area contributed by atoms with Crippen molar-refractivity contribution in [2.45, 2.75) is 31.3 Å². The van der Waals surface area contributed by atoms with Gasteiger partial charge in [-0.3, -0.25) is 4.79 Å². The maximum atomic E-state index is 12.0. The summed E-state index contributed by atoms with van der Waals surface area (Å²) in [7, 11) is 0. The highest BCUT2D eigenvalue weighted by atomic mass is 16.5. The second kappa shape index (κ2) is 5.59. The fourth-order valence-electron chi connectivity index (χ4n) is 2.13. The summed E-state index contributed by atoms with van der Waals surface area (Å²) in [5, 5.41) is 12.1. The van der Waals surface area contributed by atoms with Crippen molar-refractivity contribution in [1.82, 2.24) is 5.32 Å². The van der Waals surface area contributed by atoms with Crippen LogP contribution in [0.1, 0.15) is 18.9 Å². The number of rotatable bonds is 4. The summed E-state index contributed by atoms with van der Waals surface area (Å²) in [5.41, 5.74) is 6.53. The molecule has 0 aliphatic carbocycles. The van der Waals surface area contributed by atoms with Crippen molar-refractivity contribution in [3.05, 3.63) is 29.8 Å². The average Bonchev–Trinajstić information content (AvgIpc) is 2.78. The van der Waals surface area contributed by atoms with E-state index < -0.39 is 6.04 Å². The molecule has 5 heteroatoms. The van der Waals surface area contributed by atoms with Crippen LogP contribution in [0.2, 0.25) is 0 Å². The molecular formula is C14H20N2O3. The van der Waals surface area contributed by atoms with Crippen LogP contribution in [0.15, 0.2) is 24.3 Å². The molecule has 4 N–H and O–H groups in total. The normalized spacial score (nSPS) is 24.1. The van der Waals surface area contributed by atoms with Gasteiger partial charge in [0.15, 0.2) is 0 Å². The molecule has 1 heterocycles. The van der Waals surface area contributed by atoms with Gasteiger partial charge in [0, 0.05) is 6.61 Å². The van der Waals surface area contributed by atoms with Crippen molar-refractivity contribution in [2.24, 2.45) is 5.73 Å². The van der Waals surface area contributed by atoms with Gasteiger partial charge in [-0.25, -0.2) is 0 Å². The Bertz CT molecular complexity index is 439. The van der Waals surface area contributed by atoms with Crippen molar-refractivity contribution >= 4 is 5.91 Å². The first-order valence-corrected chi connectivity index (χ1v) is 6.42. The number of hydrogen-bond donors (Lipinski definition) is 3. The number of amides is 1. The van der Waals surface area contributed by atoms with Crippen molar-refractivity contribution in [3.8, 4) is 5.75 Å². The van der Waals surface area contributed by atoms with Gasteiger partial charge in [0.25, 0.3) is 0 Å². The van der Waals surface area contributed by atoms with Crippen LogP contribution in [0.4, 0.5) is 0 Å². The van der Waals surface area contributed by atoms with Crippen molar-refractivity contribution in [1.29, 1.82) is 0 Å². The van der Waals surface area contributed by atoms with Gasteiger partial charge in [-0.2, -0.15) is 0 Å². The van der Waals surface area contributed by atoms with Gasteiger partial charge in [0.1, 0.15) is 5.75 Å². The highest BCUT2D eigenvalue weighted by Gasteiger charge is 2.32. The largest absolute Gasteiger partial charge is 0.508 e. The predicted octanol–water partition coefficient (Wildman–Crippen LogP) is 0.557. The fraction of sp³-hybridized carbons (Fsp3) is 0.500. The van der Waals surface area contributed by atoms with Crippen LogP contribution in [-0.2, 0) is 16.0 Å². The minimum atomic E-state index is -0.595. The lowest BCUT2D eigenvalue weighted by Crippen LogP contribution is -2.53. The molecule has 19 heavy (non-hydrogen) atoms. The number of hydrogen-bond acceptors (Lipinski definition) is 4. The molecule has 0 radical (unpaired) electrons. The lowest BCUT2D eigenvalue weighted by molar-refractivity contribution is -0.124. The van der Waals surface area contributed by atoms with Gasteiger partial charge in [0.05, 0.1) is 18.2 Å². The van der Waals surface area contributed by atoms with E-state index in [1.165, 1.54) is 0 Å². The maximum absolute atomic E-state index is 12.0. The number of carbonyl (C=O) groups is 1. The summed E-state index contributed by atoms with van der Waals surface area (Å²) >= 11 is 0. The number of benzene rings is 1. The van der Waals surface area contributed by atoms with Crippen LogP contribution < -0.4 is 11.1 Å². The van der Waals surface area contributed by atoms with Crippen molar-refractivity contribution < 1.29 is 14.6 Å². The molecule has 1 fully saturated rings. The summed E-state index contributed by atoms with van der Waals surface area (Å²) in [4.78, 5) is 12.0. The molecule has 1 amide bonds.